The van der Waals surface area contributed by atoms with Crippen LogP contribution < -0.4 is 10.6 Å². The average molecular weight is 644 g/mol. The van der Waals surface area contributed by atoms with Crippen LogP contribution in [0.2, 0.25) is 5.02 Å². The lowest BCUT2D eigenvalue weighted by atomic mass is 10.2. The predicted octanol–water partition coefficient (Wildman–Crippen LogP) is 8.15. The Morgan fingerprint density at radius 2 is 1.84 bits per heavy atom. The van der Waals surface area contributed by atoms with Crippen molar-refractivity contribution >= 4 is 96.8 Å². The number of amidine groups is 1. The van der Waals surface area contributed by atoms with Crippen LogP contribution in [0.5, 0.6) is 0 Å². The zero-order valence-corrected chi connectivity index (χ0v) is 25.0. The molecule has 1 aliphatic rings. The molecule has 0 spiro atoms. The lowest BCUT2D eigenvalue weighted by Gasteiger charge is -2.05. The van der Waals surface area contributed by atoms with E-state index in [1.54, 1.807) is 54.6 Å². The van der Waals surface area contributed by atoms with Crippen LogP contribution in [0.25, 0.3) is 16.3 Å². The topological polar surface area (TPSA) is 127 Å². The summed E-state index contributed by atoms with van der Waals surface area (Å²) in [4.78, 5) is 46.4. The van der Waals surface area contributed by atoms with Crippen molar-refractivity contribution in [3.8, 4) is 0 Å². The van der Waals surface area contributed by atoms with Gasteiger partial charge in [-0.3, -0.25) is 19.7 Å². The van der Waals surface area contributed by atoms with Crippen molar-refractivity contribution in [1.82, 2.24) is 10.3 Å². The number of para-hydroxylation sites is 1. The number of halogens is 1. The fourth-order valence-corrected chi connectivity index (χ4v) is 7.14. The number of hydrogen-bond acceptors (Lipinski definition) is 9. The number of anilines is 1. The first-order valence-electron chi connectivity index (χ1n) is 12.6. The second-order valence-electron chi connectivity index (χ2n) is 9.03. The second kappa shape index (κ2) is 12.4. The Balaban J connectivity index is 1.19. The summed E-state index contributed by atoms with van der Waals surface area (Å²) in [5.74, 6) is -0.590. The van der Waals surface area contributed by atoms with E-state index in [0.29, 0.717) is 52.3 Å². The minimum absolute atomic E-state index is 0.101. The van der Waals surface area contributed by atoms with Gasteiger partial charge in [-0.1, -0.05) is 47.6 Å². The third-order valence-electron chi connectivity index (χ3n) is 6.05. The van der Waals surface area contributed by atoms with Gasteiger partial charge >= 0.3 is 0 Å². The Kier molecular flexibility index (Phi) is 8.25. The number of nitrogens with zero attached hydrogens (tertiary/aromatic N) is 3. The Morgan fingerprint density at radius 1 is 1.05 bits per heavy atom. The summed E-state index contributed by atoms with van der Waals surface area (Å²) in [6.45, 7) is 0. The fourth-order valence-electron chi connectivity index (χ4n) is 4.03. The lowest BCUT2D eigenvalue weighted by molar-refractivity contribution is -0.387. The number of carbonyl (C=O) groups excluding carboxylic acids is 2. The van der Waals surface area contributed by atoms with E-state index < -0.39 is 4.92 Å². The van der Waals surface area contributed by atoms with Crippen LogP contribution in [-0.2, 0) is 4.79 Å². The highest BCUT2D eigenvalue weighted by Gasteiger charge is 2.25. The van der Waals surface area contributed by atoms with E-state index in [-0.39, 0.29) is 17.5 Å². The maximum absolute atomic E-state index is 12.6. The molecule has 1 aromatic heterocycles. The van der Waals surface area contributed by atoms with Crippen LogP contribution >= 0.6 is 46.5 Å². The monoisotopic (exact) mass is 643 g/mol. The van der Waals surface area contributed by atoms with Crippen molar-refractivity contribution in [1.29, 1.82) is 0 Å². The van der Waals surface area contributed by atoms with Crippen LogP contribution in [0.15, 0.2) is 110 Å². The zero-order valence-electron chi connectivity index (χ0n) is 21.8. The molecule has 4 aromatic carbocycles. The Morgan fingerprint density at radius 3 is 2.60 bits per heavy atom. The van der Waals surface area contributed by atoms with E-state index in [1.165, 1.54) is 40.9 Å². The summed E-state index contributed by atoms with van der Waals surface area (Å²) in [5.41, 5.74) is 2.90. The lowest BCUT2D eigenvalue weighted by Crippen LogP contribution is -2.19. The molecule has 2 amide bonds. The number of aromatic nitrogens is 1. The minimum Gasteiger partial charge on any atom is -0.322 e. The molecule has 1 fully saturated rings. The number of nitro benzene ring substituents is 1. The first-order chi connectivity index (χ1) is 20.8. The first-order valence-corrected chi connectivity index (χ1v) is 15.4. The Bertz CT molecular complexity index is 1960. The number of thioether (sulfide) groups is 1. The second-order valence-corrected chi connectivity index (χ2v) is 12.8. The molecule has 1 saturated heterocycles. The molecule has 212 valence electrons. The number of rotatable bonds is 7. The molecule has 43 heavy (non-hydrogen) atoms. The normalized spacial score (nSPS) is 14.8. The van der Waals surface area contributed by atoms with Crippen LogP contribution in [0.4, 0.5) is 17.1 Å². The van der Waals surface area contributed by atoms with Gasteiger partial charge in [0, 0.05) is 22.3 Å². The van der Waals surface area contributed by atoms with Crippen molar-refractivity contribution < 1.29 is 14.5 Å². The molecule has 2 N–H and O–H groups in total. The summed E-state index contributed by atoms with van der Waals surface area (Å²) < 4.78 is 1.43. The molecule has 0 atom stereocenters. The van der Waals surface area contributed by atoms with Crippen molar-refractivity contribution in [2.45, 2.75) is 9.24 Å². The van der Waals surface area contributed by atoms with E-state index >= 15 is 0 Å². The molecule has 9 nitrogen and oxygen atoms in total. The molecule has 0 unspecified atom stereocenters. The minimum atomic E-state index is -0.452. The Hall–Kier alpha value is -4.49. The molecule has 0 radical (unpaired) electrons. The van der Waals surface area contributed by atoms with Gasteiger partial charge in [0.1, 0.15) is 0 Å². The average Bonchev–Trinajstić information content (AvgIpc) is 3.55. The van der Waals surface area contributed by atoms with Crippen molar-refractivity contribution in [3.63, 3.8) is 0 Å². The number of aliphatic imine (C=N–C) groups is 1. The van der Waals surface area contributed by atoms with Crippen molar-refractivity contribution in [2.24, 2.45) is 4.99 Å². The van der Waals surface area contributed by atoms with Crippen LogP contribution in [-0.4, -0.2) is 26.9 Å². The summed E-state index contributed by atoms with van der Waals surface area (Å²) in [7, 11) is 0. The summed E-state index contributed by atoms with van der Waals surface area (Å²) >= 11 is 9.62. The highest BCUT2D eigenvalue weighted by atomic mass is 35.5. The maximum Gasteiger partial charge on any atom is 0.283 e. The van der Waals surface area contributed by atoms with E-state index in [1.807, 2.05) is 36.4 Å². The molecule has 0 aliphatic carbocycles. The number of thiazole rings is 1. The number of carbonyl (C=O) groups is 2. The van der Waals surface area contributed by atoms with Gasteiger partial charge in [-0.15, -0.1) is 11.3 Å². The maximum atomic E-state index is 12.6. The number of benzene rings is 4. The van der Waals surface area contributed by atoms with Gasteiger partial charge in [0.15, 0.2) is 9.51 Å². The Labute approximate surface area is 262 Å². The molecular formula is C30H18ClN5O4S3. The molecule has 2 heterocycles. The van der Waals surface area contributed by atoms with Gasteiger partial charge in [-0.25, -0.2) is 9.98 Å². The van der Waals surface area contributed by atoms with E-state index in [2.05, 4.69) is 20.6 Å². The largest absolute Gasteiger partial charge is 0.322 e. The highest BCUT2D eigenvalue weighted by Crippen LogP contribution is 2.40. The number of amides is 2. The van der Waals surface area contributed by atoms with E-state index in [0.717, 1.165) is 4.70 Å². The SMILES string of the molecule is O=C1NC(=Nc2ccccc2)S/C1=C\c1ccc(Sc2nc3ccc(NC(=O)c4ccc(Cl)cc4)cc3s2)c([N+](=O)[O-])c1. The van der Waals surface area contributed by atoms with E-state index in [9.17, 15) is 19.7 Å². The smallest absolute Gasteiger partial charge is 0.283 e. The summed E-state index contributed by atoms with van der Waals surface area (Å²) in [6, 6.07) is 26.0. The van der Waals surface area contributed by atoms with Crippen LogP contribution in [0.1, 0.15) is 15.9 Å². The fraction of sp³-hybridized carbons (Fsp3) is 0. The summed E-state index contributed by atoms with van der Waals surface area (Å²) in [6.07, 6.45) is 1.60. The van der Waals surface area contributed by atoms with Gasteiger partial charge in [0.25, 0.3) is 17.5 Å². The van der Waals surface area contributed by atoms with Crippen LogP contribution in [0, 0.1) is 10.1 Å². The quantitative estimate of drug-likeness (QED) is 0.104. The van der Waals surface area contributed by atoms with Gasteiger partial charge in [-0.05, 0) is 84.1 Å². The third-order valence-corrected chi connectivity index (χ3v) is 9.35. The number of nitrogens with one attached hydrogen (secondary N) is 2. The van der Waals surface area contributed by atoms with Crippen LogP contribution in [0.3, 0.4) is 0 Å². The number of fused-ring (bicyclic) bond motifs is 1. The molecular weight excluding hydrogens is 626 g/mol. The molecule has 6 rings (SSSR count). The van der Waals surface area contributed by atoms with Crippen molar-refractivity contribution in [2.75, 3.05) is 5.32 Å². The zero-order chi connectivity index (χ0) is 29.9. The highest BCUT2D eigenvalue weighted by molar-refractivity contribution is 8.18. The standard InChI is InChI=1S/C30H18ClN5O4S3/c31-19-9-7-18(8-10-19)27(37)32-21-11-12-22-25(16-21)43-30(34-22)42-24-13-6-17(14-23(24)36(39)40)15-26-28(38)35-29(41-26)33-20-4-2-1-3-5-20/h1-16H,(H,32,37)(H,33,35,38)/b26-15-. The summed E-state index contributed by atoms with van der Waals surface area (Å²) in [5, 5.41) is 18.5. The molecule has 0 saturated carbocycles. The number of nitro groups is 1. The van der Waals surface area contributed by atoms with Gasteiger partial charge < -0.3 is 10.6 Å². The third kappa shape index (κ3) is 6.78. The molecule has 0 bridgehead atoms. The first kappa shape index (κ1) is 28.6. The molecule has 5 aromatic rings. The van der Waals surface area contributed by atoms with Gasteiger partial charge in [0.2, 0.25) is 0 Å². The predicted molar refractivity (Wildman–Crippen MR) is 173 cm³/mol. The van der Waals surface area contributed by atoms with Gasteiger partial charge in [0.05, 0.1) is 30.6 Å². The van der Waals surface area contributed by atoms with Gasteiger partial charge in [-0.2, -0.15) is 0 Å². The molecule has 1 aliphatic heterocycles. The van der Waals surface area contributed by atoms with E-state index in [4.69, 9.17) is 11.6 Å². The molecule has 13 heteroatoms. The van der Waals surface area contributed by atoms with Crippen molar-refractivity contribution in [3.05, 3.63) is 122 Å². The number of hydrogen-bond donors (Lipinski definition) is 2.